The van der Waals surface area contributed by atoms with Crippen LogP contribution in [0.2, 0.25) is 0 Å². The van der Waals surface area contributed by atoms with E-state index in [2.05, 4.69) is 5.32 Å². The highest BCUT2D eigenvalue weighted by molar-refractivity contribution is 7.99. The van der Waals surface area contributed by atoms with Crippen LogP contribution in [0.5, 0.6) is 0 Å². The molecule has 1 aliphatic heterocycles. The molecule has 0 radical (unpaired) electrons. The van der Waals surface area contributed by atoms with Crippen molar-refractivity contribution < 1.29 is 9.18 Å². The number of benzene rings is 2. The van der Waals surface area contributed by atoms with Gasteiger partial charge in [0.1, 0.15) is 5.82 Å². The predicted octanol–water partition coefficient (Wildman–Crippen LogP) is 4.66. The zero-order valence-electron chi connectivity index (χ0n) is 12.8. The molecule has 0 saturated heterocycles. The first-order valence-electron chi connectivity index (χ1n) is 7.49. The zero-order valence-corrected chi connectivity index (χ0v) is 14.5. The summed E-state index contributed by atoms with van der Waals surface area (Å²) in [5.74, 6) is 1.40. The number of hydrogen-bond donors (Lipinski definition) is 1. The van der Waals surface area contributed by atoms with Crippen molar-refractivity contribution >= 4 is 29.4 Å². The minimum Gasteiger partial charge on any atom is -0.345 e. The molecule has 1 atom stereocenters. The van der Waals surface area contributed by atoms with E-state index in [0.717, 1.165) is 29.1 Å². The fourth-order valence-corrected chi connectivity index (χ4v) is 4.40. The lowest BCUT2D eigenvalue weighted by Gasteiger charge is -2.26. The van der Waals surface area contributed by atoms with Gasteiger partial charge in [-0.3, -0.25) is 4.79 Å². The molecular weight excluding hydrogens is 329 g/mol. The van der Waals surface area contributed by atoms with E-state index in [1.165, 1.54) is 17.8 Å². The molecule has 0 bridgehead atoms. The van der Waals surface area contributed by atoms with Gasteiger partial charge in [0.05, 0.1) is 6.04 Å². The molecule has 3 rings (SSSR count). The van der Waals surface area contributed by atoms with Crippen LogP contribution in [0.3, 0.4) is 0 Å². The SMILES string of the molecule is CSCc1cccc(C(=O)NC2CCSc3c(F)cccc32)c1. The van der Waals surface area contributed by atoms with Crippen LogP contribution >= 0.6 is 23.5 Å². The monoisotopic (exact) mass is 347 g/mol. The van der Waals surface area contributed by atoms with Crippen molar-refractivity contribution in [3.05, 3.63) is 65.0 Å². The standard InChI is InChI=1S/C18H18FNOS2/c1-22-11-12-4-2-5-13(10-12)18(21)20-16-8-9-23-17-14(16)6-3-7-15(17)19/h2-7,10,16H,8-9,11H2,1H3,(H,20,21). The van der Waals surface area contributed by atoms with Crippen molar-refractivity contribution in [1.29, 1.82) is 0 Å². The maximum Gasteiger partial charge on any atom is 0.251 e. The minimum atomic E-state index is -0.201. The lowest BCUT2D eigenvalue weighted by Crippen LogP contribution is -2.30. The van der Waals surface area contributed by atoms with Crippen LogP contribution in [0.1, 0.15) is 33.9 Å². The number of amides is 1. The molecule has 120 valence electrons. The highest BCUT2D eigenvalue weighted by atomic mass is 32.2. The Morgan fingerprint density at radius 2 is 2.17 bits per heavy atom. The second kappa shape index (κ2) is 7.41. The molecule has 23 heavy (non-hydrogen) atoms. The fraction of sp³-hybridized carbons (Fsp3) is 0.278. The summed E-state index contributed by atoms with van der Waals surface area (Å²) >= 11 is 3.25. The number of thioether (sulfide) groups is 2. The molecule has 1 aliphatic rings. The third-order valence-electron chi connectivity index (χ3n) is 3.83. The summed E-state index contributed by atoms with van der Waals surface area (Å²) in [7, 11) is 0. The van der Waals surface area contributed by atoms with Gasteiger partial charge in [0.2, 0.25) is 0 Å². The van der Waals surface area contributed by atoms with Crippen LogP contribution in [0.15, 0.2) is 47.4 Å². The summed E-state index contributed by atoms with van der Waals surface area (Å²) < 4.78 is 13.9. The molecule has 0 aliphatic carbocycles. The Labute approximate surface area is 144 Å². The zero-order chi connectivity index (χ0) is 16.2. The van der Waals surface area contributed by atoms with Crippen LogP contribution in [0, 0.1) is 5.82 Å². The molecule has 2 aromatic carbocycles. The molecule has 2 aromatic rings. The Balaban J connectivity index is 1.79. The van der Waals surface area contributed by atoms with E-state index in [1.54, 1.807) is 17.8 Å². The van der Waals surface area contributed by atoms with Crippen molar-refractivity contribution in [1.82, 2.24) is 5.32 Å². The predicted molar refractivity (Wildman–Crippen MR) is 95.6 cm³/mol. The molecule has 0 aromatic heterocycles. The number of fused-ring (bicyclic) bond motifs is 1. The normalized spacial score (nSPS) is 16.7. The molecule has 5 heteroatoms. The molecule has 1 N–H and O–H groups in total. The second-order valence-electron chi connectivity index (χ2n) is 5.45. The first-order valence-corrected chi connectivity index (χ1v) is 9.87. The summed E-state index contributed by atoms with van der Waals surface area (Å²) in [6.45, 7) is 0. The summed E-state index contributed by atoms with van der Waals surface area (Å²) in [5, 5.41) is 3.06. The minimum absolute atomic E-state index is 0.0972. The number of carbonyl (C=O) groups excluding carboxylic acids is 1. The summed E-state index contributed by atoms with van der Waals surface area (Å²) in [6.07, 6.45) is 2.86. The molecule has 0 saturated carbocycles. The van der Waals surface area contributed by atoms with E-state index in [4.69, 9.17) is 0 Å². The van der Waals surface area contributed by atoms with E-state index in [9.17, 15) is 9.18 Å². The Kier molecular flexibility index (Phi) is 5.28. The smallest absolute Gasteiger partial charge is 0.251 e. The lowest BCUT2D eigenvalue weighted by molar-refractivity contribution is 0.0934. The summed E-state index contributed by atoms with van der Waals surface area (Å²) in [4.78, 5) is 13.2. The topological polar surface area (TPSA) is 29.1 Å². The largest absolute Gasteiger partial charge is 0.345 e. The lowest BCUT2D eigenvalue weighted by atomic mass is 10.0. The average molecular weight is 347 g/mol. The van der Waals surface area contributed by atoms with Gasteiger partial charge in [0, 0.05) is 22.0 Å². The second-order valence-corrected chi connectivity index (χ2v) is 7.43. The number of carbonyl (C=O) groups is 1. The fourth-order valence-electron chi connectivity index (χ4n) is 2.75. The maximum absolute atomic E-state index is 13.9. The maximum atomic E-state index is 13.9. The van der Waals surface area contributed by atoms with Gasteiger partial charge in [0.25, 0.3) is 5.91 Å². The summed E-state index contributed by atoms with van der Waals surface area (Å²) in [5.41, 5.74) is 2.68. The Morgan fingerprint density at radius 1 is 1.35 bits per heavy atom. The third-order valence-corrected chi connectivity index (χ3v) is 5.61. The van der Waals surface area contributed by atoms with E-state index in [-0.39, 0.29) is 17.8 Å². The number of hydrogen-bond acceptors (Lipinski definition) is 3. The third kappa shape index (κ3) is 3.72. The van der Waals surface area contributed by atoms with Gasteiger partial charge >= 0.3 is 0 Å². The van der Waals surface area contributed by atoms with Crippen LogP contribution in [0.25, 0.3) is 0 Å². The number of rotatable bonds is 4. The first-order chi connectivity index (χ1) is 11.2. The van der Waals surface area contributed by atoms with Crippen molar-refractivity contribution in [3.63, 3.8) is 0 Å². The molecule has 1 heterocycles. The summed E-state index contributed by atoms with van der Waals surface area (Å²) in [6, 6.07) is 12.6. The van der Waals surface area contributed by atoms with E-state index < -0.39 is 0 Å². The Hall–Kier alpha value is -1.46. The van der Waals surface area contributed by atoms with Crippen LogP contribution in [-0.2, 0) is 5.75 Å². The van der Waals surface area contributed by atoms with Crippen LogP contribution in [-0.4, -0.2) is 17.9 Å². The molecule has 2 nitrogen and oxygen atoms in total. The molecule has 1 unspecified atom stereocenters. The molecule has 0 spiro atoms. The highest BCUT2D eigenvalue weighted by Gasteiger charge is 2.24. The van der Waals surface area contributed by atoms with E-state index in [1.807, 2.05) is 36.6 Å². The quantitative estimate of drug-likeness (QED) is 0.872. The van der Waals surface area contributed by atoms with Gasteiger partial charge in [-0.05, 0) is 42.0 Å². The van der Waals surface area contributed by atoms with E-state index in [0.29, 0.717) is 10.5 Å². The molecule has 1 amide bonds. The van der Waals surface area contributed by atoms with Crippen LogP contribution < -0.4 is 5.32 Å². The van der Waals surface area contributed by atoms with Crippen molar-refractivity contribution in [2.24, 2.45) is 0 Å². The Bertz CT molecular complexity index is 720. The van der Waals surface area contributed by atoms with Crippen molar-refractivity contribution in [3.8, 4) is 0 Å². The molecule has 0 fully saturated rings. The number of nitrogens with one attached hydrogen (secondary N) is 1. The van der Waals surface area contributed by atoms with Crippen LogP contribution in [0.4, 0.5) is 4.39 Å². The highest BCUT2D eigenvalue weighted by Crippen LogP contribution is 2.37. The van der Waals surface area contributed by atoms with Gasteiger partial charge in [-0.15, -0.1) is 11.8 Å². The van der Waals surface area contributed by atoms with Gasteiger partial charge in [0.15, 0.2) is 0 Å². The first kappa shape index (κ1) is 16.4. The van der Waals surface area contributed by atoms with Gasteiger partial charge in [-0.2, -0.15) is 11.8 Å². The van der Waals surface area contributed by atoms with Gasteiger partial charge < -0.3 is 5.32 Å². The van der Waals surface area contributed by atoms with E-state index >= 15 is 0 Å². The number of halogens is 1. The van der Waals surface area contributed by atoms with Crippen molar-refractivity contribution in [2.45, 2.75) is 23.1 Å². The molecular formula is C18H18FNOS2. The average Bonchev–Trinajstić information content (AvgIpc) is 2.56. The van der Waals surface area contributed by atoms with Gasteiger partial charge in [-0.1, -0.05) is 24.3 Å². The van der Waals surface area contributed by atoms with Gasteiger partial charge in [-0.25, -0.2) is 4.39 Å². The Morgan fingerprint density at radius 3 is 3.00 bits per heavy atom. The van der Waals surface area contributed by atoms with Crippen molar-refractivity contribution in [2.75, 3.05) is 12.0 Å².